The number of rotatable bonds is 4. The minimum atomic E-state index is -0.243. The molecule has 0 unspecified atom stereocenters. The molecule has 5 nitrogen and oxygen atoms in total. The summed E-state index contributed by atoms with van der Waals surface area (Å²) in [5, 5.41) is 7.94. The molecule has 3 aromatic rings. The molecule has 2 aromatic heterocycles. The Balaban J connectivity index is 1.38. The summed E-state index contributed by atoms with van der Waals surface area (Å²) >= 11 is 0. The van der Waals surface area contributed by atoms with E-state index in [1.807, 2.05) is 23.7 Å². The largest absolute Gasteiger partial charge is 0.460 e. The van der Waals surface area contributed by atoms with Gasteiger partial charge in [-0.05, 0) is 49.7 Å². The van der Waals surface area contributed by atoms with Crippen molar-refractivity contribution in [3.63, 3.8) is 0 Å². The number of hydrogen-bond donors (Lipinski definition) is 1. The highest BCUT2D eigenvalue weighted by molar-refractivity contribution is 5.57. The van der Waals surface area contributed by atoms with Gasteiger partial charge in [0, 0.05) is 18.0 Å². The summed E-state index contributed by atoms with van der Waals surface area (Å²) in [5.74, 6) is 3.29. The molecule has 1 aliphatic rings. The number of aryl methyl sites for hydroxylation is 2. The van der Waals surface area contributed by atoms with Gasteiger partial charge in [-0.25, -0.2) is 14.1 Å². The molecule has 0 amide bonds. The number of hydrogen-bond acceptors (Lipinski definition) is 4. The van der Waals surface area contributed by atoms with Gasteiger partial charge in [-0.3, -0.25) is 0 Å². The second-order valence-electron chi connectivity index (χ2n) is 6.15. The van der Waals surface area contributed by atoms with E-state index in [4.69, 9.17) is 4.42 Å². The van der Waals surface area contributed by atoms with Crippen LogP contribution < -0.4 is 5.32 Å². The fourth-order valence-electron chi connectivity index (χ4n) is 3.09. The van der Waals surface area contributed by atoms with Crippen molar-refractivity contribution in [2.24, 2.45) is 0 Å². The van der Waals surface area contributed by atoms with Gasteiger partial charge in [0.25, 0.3) is 0 Å². The van der Waals surface area contributed by atoms with E-state index in [-0.39, 0.29) is 5.82 Å². The summed E-state index contributed by atoms with van der Waals surface area (Å²) < 4.78 is 20.8. The van der Waals surface area contributed by atoms with E-state index in [0.29, 0.717) is 12.6 Å². The Kier molecular flexibility index (Phi) is 3.90. The second kappa shape index (κ2) is 6.20. The van der Waals surface area contributed by atoms with Crippen LogP contribution in [0.4, 0.5) is 4.39 Å². The maximum atomic E-state index is 13.0. The molecule has 6 heteroatoms. The fraction of sp³-hybridized carbons (Fsp3) is 0.333. The predicted molar refractivity (Wildman–Crippen MR) is 87.8 cm³/mol. The predicted octanol–water partition coefficient (Wildman–Crippen LogP) is 3.09. The topological polar surface area (TPSA) is 55.9 Å². The Morgan fingerprint density at radius 1 is 1.25 bits per heavy atom. The van der Waals surface area contributed by atoms with Gasteiger partial charge in [0.1, 0.15) is 29.0 Å². The van der Waals surface area contributed by atoms with E-state index in [1.54, 1.807) is 12.1 Å². The molecule has 0 spiro atoms. The molecule has 0 radical (unpaired) electrons. The first-order valence-electron chi connectivity index (χ1n) is 8.16. The van der Waals surface area contributed by atoms with Crippen LogP contribution in [0, 0.1) is 12.7 Å². The molecule has 0 saturated heterocycles. The summed E-state index contributed by atoms with van der Waals surface area (Å²) in [6.45, 7) is 3.42. The zero-order valence-electron chi connectivity index (χ0n) is 13.5. The van der Waals surface area contributed by atoms with E-state index < -0.39 is 0 Å². The molecular formula is C18H19FN4O. The average Bonchev–Trinajstić information content (AvgIpc) is 3.18. The smallest absolute Gasteiger partial charge is 0.147 e. The van der Waals surface area contributed by atoms with Gasteiger partial charge >= 0.3 is 0 Å². The molecular weight excluding hydrogens is 307 g/mol. The van der Waals surface area contributed by atoms with Crippen molar-refractivity contribution in [1.82, 2.24) is 20.1 Å². The van der Waals surface area contributed by atoms with Gasteiger partial charge in [-0.2, -0.15) is 5.10 Å². The lowest BCUT2D eigenvalue weighted by Gasteiger charge is -2.23. The summed E-state index contributed by atoms with van der Waals surface area (Å²) in [7, 11) is 0. The number of nitrogens with zero attached hydrogens (tertiary/aromatic N) is 3. The van der Waals surface area contributed by atoms with E-state index in [1.165, 1.54) is 12.1 Å². The Labute approximate surface area is 139 Å². The van der Waals surface area contributed by atoms with Crippen LogP contribution in [-0.2, 0) is 19.5 Å². The minimum Gasteiger partial charge on any atom is -0.460 e. The van der Waals surface area contributed by atoms with Crippen LogP contribution in [0.3, 0.4) is 0 Å². The normalized spacial score (nSPS) is 17.0. The van der Waals surface area contributed by atoms with Crippen molar-refractivity contribution in [2.75, 3.05) is 0 Å². The Bertz CT molecular complexity index is 837. The number of aromatic nitrogens is 3. The maximum absolute atomic E-state index is 13.0. The third-order valence-electron chi connectivity index (χ3n) is 4.32. The molecule has 3 heterocycles. The molecule has 1 aromatic carbocycles. The molecule has 24 heavy (non-hydrogen) atoms. The van der Waals surface area contributed by atoms with E-state index in [0.717, 1.165) is 48.1 Å². The van der Waals surface area contributed by atoms with Crippen molar-refractivity contribution in [2.45, 2.75) is 38.9 Å². The van der Waals surface area contributed by atoms with Gasteiger partial charge in [0.15, 0.2) is 0 Å². The Morgan fingerprint density at radius 3 is 2.92 bits per heavy atom. The molecule has 1 aliphatic heterocycles. The summed E-state index contributed by atoms with van der Waals surface area (Å²) in [6, 6.07) is 10.6. The fourth-order valence-corrected chi connectivity index (χ4v) is 3.09. The lowest BCUT2D eigenvalue weighted by atomic mass is 10.1. The van der Waals surface area contributed by atoms with Crippen molar-refractivity contribution in [3.8, 4) is 11.3 Å². The molecule has 1 atom stereocenters. The first kappa shape index (κ1) is 15.1. The third-order valence-corrected chi connectivity index (χ3v) is 4.32. The monoisotopic (exact) mass is 326 g/mol. The number of furan rings is 1. The van der Waals surface area contributed by atoms with Crippen molar-refractivity contribution < 1.29 is 8.81 Å². The standard InChI is InChI=1S/C18H19FN4O/c1-12-21-18-9-6-15(11-23(18)22-12)20-10-16-7-8-17(24-16)13-2-4-14(19)5-3-13/h2-5,7-8,15,20H,6,9-11H2,1H3/t15-/m1/s1. The SMILES string of the molecule is Cc1nc2n(n1)C[C@H](NCc1ccc(-c3ccc(F)cc3)o1)CC2. The number of nitrogens with one attached hydrogen (secondary N) is 1. The van der Waals surface area contributed by atoms with Crippen LogP contribution in [-0.4, -0.2) is 20.8 Å². The van der Waals surface area contributed by atoms with Gasteiger partial charge in [0.2, 0.25) is 0 Å². The highest BCUT2D eigenvalue weighted by Gasteiger charge is 2.20. The van der Waals surface area contributed by atoms with Gasteiger partial charge in [-0.15, -0.1) is 0 Å². The number of halogens is 1. The van der Waals surface area contributed by atoms with Gasteiger partial charge in [-0.1, -0.05) is 0 Å². The van der Waals surface area contributed by atoms with E-state index >= 15 is 0 Å². The second-order valence-corrected chi connectivity index (χ2v) is 6.15. The lowest BCUT2D eigenvalue weighted by Crippen LogP contribution is -2.37. The quantitative estimate of drug-likeness (QED) is 0.800. The maximum Gasteiger partial charge on any atom is 0.147 e. The van der Waals surface area contributed by atoms with Crippen LogP contribution in [0.1, 0.15) is 23.8 Å². The highest BCUT2D eigenvalue weighted by atomic mass is 19.1. The molecule has 0 saturated carbocycles. The number of fused-ring (bicyclic) bond motifs is 1. The van der Waals surface area contributed by atoms with E-state index in [2.05, 4.69) is 15.4 Å². The van der Waals surface area contributed by atoms with Crippen LogP contribution >= 0.6 is 0 Å². The summed E-state index contributed by atoms with van der Waals surface area (Å²) in [4.78, 5) is 4.43. The zero-order chi connectivity index (χ0) is 16.5. The Morgan fingerprint density at radius 2 is 2.08 bits per heavy atom. The van der Waals surface area contributed by atoms with Crippen LogP contribution in [0.15, 0.2) is 40.8 Å². The molecule has 0 bridgehead atoms. The first-order valence-corrected chi connectivity index (χ1v) is 8.16. The van der Waals surface area contributed by atoms with Crippen molar-refractivity contribution in [3.05, 3.63) is 59.6 Å². The molecule has 0 fully saturated rings. The van der Waals surface area contributed by atoms with Gasteiger partial charge < -0.3 is 9.73 Å². The van der Waals surface area contributed by atoms with Gasteiger partial charge in [0.05, 0.1) is 13.1 Å². The molecule has 4 rings (SSSR count). The molecule has 0 aliphatic carbocycles. The molecule has 1 N–H and O–H groups in total. The Hall–Kier alpha value is -2.47. The van der Waals surface area contributed by atoms with Crippen LogP contribution in [0.2, 0.25) is 0 Å². The average molecular weight is 326 g/mol. The third kappa shape index (κ3) is 3.10. The first-order chi connectivity index (χ1) is 11.7. The highest BCUT2D eigenvalue weighted by Crippen LogP contribution is 2.22. The number of benzene rings is 1. The zero-order valence-corrected chi connectivity index (χ0v) is 13.5. The van der Waals surface area contributed by atoms with Crippen molar-refractivity contribution >= 4 is 0 Å². The minimum absolute atomic E-state index is 0.243. The lowest BCUT2D eigenvalue weighted by molar-refractivity contribution is 0.345. The summed E-state index contributed by atoms with van der Waals surface area (Å²) in [6.07, 6.45) is 1.99. The van der Waals surface area contributed by atoms with E-state index in [9.17, 15) is 4.39 Å². The van der Waals surface area contributed by atoms with Crippen molar-refractivity contribution in [1.29, 1.82) is 0 Å². The molecule has 124 valence electrons. The summed E-state index contributed by atoms with van der Waals surface area (Å²) in [5.41, 5.74) is 0.878. The van der Waals surface area contributed by atoms with Crippen LogP contribution in [0.25, 0.3) is 11.3 Å². The van der Waals surface area contributed by atoms with Crippen LogP contribution in [0.5, 0.6) is 0 Å².